The van der Waals surface area contributed by atoms with E-state index in [0.29, 0.717) is 22.7 Å². The Labute approximate surface area is 162 Å². The van der Waals surface area contributed by atoms with Crippen molar-refractivity contribution in [3.63, 3.8) is 0 Å². The number of carbonyl (C=O) groups is 1. The van der Waals surface area contributed by atoms with E-state index in [-0.39, 0.29) is 11.9 Å². The van der Waals surface area contributed by atoms with Crippen molar-refractivity contribution in [3.05, 3.63) is 53.2 Å². The molecule has 0 aliphatic rings. The van der Waals surface area contributed by atoms with Crippen LogP contribution < -0.4 is 5.32 Å². The minimum absolute atomic E-state index is 0.187. The molecule has 1 atom stereocenters. The number of amides is 1. The second-order valence-corrected chi connectivity index (χ2v) is 6.94. The topological polar surface area (TPSA) is 90.8 Å². The summed E-state index contributed by atoms with van der Waals surface area (Å²) in [6, 6.07) is 5.19. The van der Waals surface area contributed by atoms with E-state index in [2.05, 4.69) is 20.5 Å². The third-order valence-electron chi connectivity index (χ3n) is 5.07. The molecule has 0 aromatic carbocycles. The SMILES string of the molecule is Cc1nn(C)c2nc(-c3ccco3)cc(C(=O)N[C@@H](C)c3cnn(C)c3C)c12. The Bertz CT molecular complexity index is 1170. The largest absolute Gasteiger partial charge is 0.463 e. The van der Waals surface area contributed by atoms with Crippen LogP contribution in [0.4, 0.5) is 0 Å². The zero-order valence-electron chi connectivity index (χ0n) is 16.5. The quantitative estimate of drug-likeness (QED) is 0.589. The summed E-state index contributed by atoms with van der Waals surface area (Å²) in [5.41, 5.74) is 4.51. The minimum atomic E-state index is -0.188. The highest BCUT2D eigenvalue weighted by Gasteiger charge is 2.22. The van der Waals surface area contributed by atoms with Crippen molar-refractivity contribution in [2.75, 3.05) is 0 Å². The number of hydrogen-bond donors (Lipinski definition) is 1. The molecule has 0 saturated heterocycles. The van der Waals surface area contributed by atoms with Crippen molar-refractivity contribution in [1.29, 1.82) is 0 Å². The molecule has 0 spiro atoms. The van der Waals surface area contributed by atoms with Crippen molar-refractivity contribution < 1.29 is 9.21 Å². The van der Waals surface area contributed by atoms with E-state index in [1.807, 2.05) is 40.9 Å². The Morgan fingerprint density at radius 2 is 2.04 bits per heavy atom. The molecular weight excluding hydrogens is 356 g/mol. The van der Waals surface area contributed by atoms with Crippen LogP contribution in [0, 0.1) is 13.8 Å². The molecule has 0 fully saturated rings. The number of aryl methyl sites for hydroxylation is 3. The van der Waals surface area contributed by atoms with Gasteiger partial charge in [0.05, 0.1) is 35.1 Å². The van der Waals surface area contributed by atoms with E-state index < -0.39 is 0 Å². The van der Waals surface area contributed by atoms with Gasteiger partial charge < -0.3 is 9.73 Å². The van der Waals surface area contributed by atoms with Crippen LogP contribution in [0.3, 0.4) is 0 Å². The predicted molar refractivity (Wildman–Crippen MR) is 105 cm³/mol. The van der Waals surface area contributed by atoms with E-state index in [1.54, 1.807) is 34.0 Å². The summed E-state index contributed by atoms with van der Waals surface area (Å²) in [6.07, 6.45) is 3.37. The molecule has 4 aromatic heterocycles. The van der Waals surface area contributed by atoms with Gasteiger partial charge in [0.25, 0.3) is 5.91 Å². The van der Waals surface area contributed by atoms with Crippen molar-refractivity contribution in [2.24, 2.45) is 14.1 Å². The number of fused-ring (bicyclic) bond motifs is 1. The van der Waals surface area contributed by atoms with Crippen LogP contribution in [-0.4, -0.2) is 30.5 Å². The molecule has 1 amide bonds. The van der Waals surface area contributed by atoms with Gasteiger partial charge in [-0.15, -0.1) is 0 Å². The third-order valence-corrected chi connectivity index (χ3v) is 5.07. The predicted octanol–water partition coefficient (Wildman–Crippen LogP) is 3.07. The highest BCUT2D eigenvalue weighted by molar-refractivity contribution is 6.07. The molecule has 8 nitrogen and oxygen atoms in total. The van der Waals surface area contributed by atoms with Gasteiger partial charge in [-0.25, -0.2) is 4.98 Å². The molecule has 4 aromatic rings. The van der Waals surface area contributed by atoms with E-state index in [0.717, 1.165) is 22.3 Å². The molecule has 4 rings (SSSR count). The Morgan fingerprint density at radius 1 is 1.25 bits per heavy atom. The fourth-order valence-electron chi connectivity index (χ4n) is 3.47. The molecular formula is C20H22N6O2. The molecule has 8 heteroatoms. The average molecular weight is 378 g/mol. The van der Waals surface area contributed by atoms with Gasteiger partial charge in [-0.3, -0.25) is 14.2 Å². The number of nitrogens with one attached hydrogen (secondary N) is 1. The van der Waals surface area contributed by atoms with Crippen LogP contribution in [0.25, 0.3) is 22.5 Å². The van der Waals surface area contributed by atoms with Crippen molar-refractivity contribution >= 4 is 16.9 Å². The molecule has 28 heavy (non-hydrogen) atoms. The average Bonchev–Trinajstić information content (AvgIpc) is 3.37. The lowest BCUT2D eigenvalue weighted by molar-refractivity contribution is 0.0941. The van der Waals surface area contributed by atoms with Gasteiger partial charge in [0.15, 0.2) is 11.4 Å². The standard InChI is InChI=1S/C20H22N6O2/c1-11(15-10-21-25(4)13(15)3)22-20(27)14-9-16(17-7-6-8-28-17)23-19-18(14)12(2)24-26(19)5/h6-11H,1-5H3,(H,22,27)/t11-/m0/s1. The molecule has 0 bridgehead atoms. The highest BCUT2D eigenvalue weighted by Crippen LogP contribution is 2.27. The van der Waals surface area contributed by atoms with Crippen molar-refractivity contribution in [1.82, 2.24) is 29.9 Å². The van der Waals surface area contributed by atoms with Crippen LogP contribution in [0.15, 0.2) is 35.1 Å². The molecule has 1 N–H and O–H groups in total. The fraction of sp³-hybridized carbons (Fsp3) is 0.300. The lowest BCUT2D eigenvalue weighted by Crippen LogP contribution is -2.27. The third kappa shape index (κ3) is 2.87. The maximum Gasteiger partial charge on any atom is 0.252 e. The lowest BCUT2D eigenvalue weighted by Gasteiger charge is -2.15. The van der Waals surface area contributed by atoms with Gasteiger partial charge in [0.2, 0.25) is 0 Å². The maximum atomic E-state index is 13.2. The second kappa shape index (κ2) is 6.63. The number of carbonyl (C=O) groups excluding carboxylic acids is 1. The first-order valence-electron chi connectivity index (χ1n) is 9.04. The van der Waals surface area contributed by atoms with Gasteiger partial charge in [0, 0.05) is 25.4 Å². The van der Waals surface area contributed by atoms with Gasteiger partial charge >= 0.3 is 0 Å². The monoisotopic (exact) mass is 378 g/mol. The first-order chi connectivity index (χ1) is 13.4. The second-order valence-electron chi connectivity index (χ2n) is 6.94. The summed E-state index contributed by atoms with van der Waals surface area (Å²) < 4.78 is 8.96. The first kappa shape index (κ1) is 18.0. The zero-order valence-corrected chi connectivity index (χ0v) is 16.5. The molecule has 0 unspecified atom stereocenters. The Balaban J connectivity index is 1.78. The smallest absolute Gasteiger partial charge is 0.252 e. The van der Waals surface area contributed by atoms with Gasteiger partial charge in [-0.1, -0.05) is 0 Å². The van der Waals surface area contributed by atoms with E-state index >= 15 is 0 Å². The molecule has 0 radical (unpaired) electrons. The summed E-state index contributed by atoms with van der Waals surface area (Å²) >= 11 is 0. The van der Waals surface area contributed by atoms with Gasteiger partial charge in [-0.05, 0) is 39.0 Å². The van der Waals surface area contributed by atoms with Gasteiger partial charge in [-0.2, -0.15) is 10.2 Å². The molecule has 4 heterocycles. The first-order valence-corrected chi connectivity index (χ1v) is 9.04. The van der Waals surface area contributed by atoms with Crippen LogP contribution >= 0.6 is 0 Å². The number of rotatable bonds is 4. The van der Waals surface area contributed by atoms with E-state index in [9.17, 15) is 4.79 Å². The van der Waals surface area contributed by atoms with Gasteiger partial charge in [0.1, 0.15) is 5.69 Å². The number of pyridine rings is 1. The molecule has 0 aliphatic carbocycles. The zero-order chi connectivity index (χ0) is 20.0. The number of hydrogen-bond acceptors (Lipinski definition) is 5. The van der Waals surface area contributed by atoms with Crippen molar-refractivity contribution in [3.8, 4) is 11.5 Å². The Morgan fingerprint density at radius 3 is 2.68 bits per heavy atom. The van der Waals surface area contributed by atoms with Crippen LogP contribution in [0.5, 0.6) is 0 Å². The summed E-state index contributed by atoms with van der Waals surface area (Å²) in [4.78, 5) is 17.9. The Kier molecular flexibility index (Phi) is 4.26. The van der Waals surface area contributed by atoms with Crippen LogP contribution in [-0.2, 0) is 14.1 Å². The van der Waals surface area contributed by atoms with E-state index in [1.165, 1.54) is 0 Å². The molecule has 144 valence electrons. The summed E-state index contributed by atoms with van der Waals surface area (Å²) in [7, 11) is 3.70. The maximum absolute atomic E-state index is 13.2. The normalized spacial score (nSPS) is 12.5. The van der Waals surface area contributed by atoms with Crippen molar-refractivity contribution in [2.45, 2.75) is 26.8 Å². The van der Waals surface area contributed by atoms with E-state index in [4.69, 9.17) is 4.42 Å². The highest BCUT2D eigenvalue weighted by atomic mass is 16.3. The molecule has 0 aliphatic heterocycles. The number of nitrogens with zero attached hydrogens (tertiary/aromatic N) is 5. The summed E-state index contributed by atoms with van der Waals surface area (Å²) in [5.74, 6) is 0.415. The summed E-state index contributed by atoms with van der Waals surface area (Å²) in [6.45, 7) is 5.81. The van der Waals surface area contributed by atoms with Crippen LogP contribution in [0.2, 0.25) is 0 Å². The van der Waals surface area contributed by atoms with Crippen LogP contribution in [0.1, 0.15) is 40.3 Å². The summed E-state index contributed by atoms with van der Waals surface area (Å²) in [5, 5.41) is 12.5. The number of aromatic nitrogens is 5. The fourth-order valence-corrected chi connectivity index (χ4v) is 3.47. The molecule has 0 saturated carbocycles. The Hall–Kier alpha value is -3.42. The lowest BCUT2D eigenvalue weighted by atomic mass is 10.1. The minimum Gasteiger partial charge on any atom is -0.463 e. The number of furan rings is 1.